The number of amides is 1. The van der Waals surface area contributed by atoms with E-state index in [0.29, 0.717) is 0 Å². The highest BCUT2D eigenvalue weighted by Crippen LogP contribution is 2.21. The molecular formula is C13H15N3O3. The predicted molar refractivity (Wildman–Crippen MR) is 69.6 cm³/mol. The molecule has 0 aliphatic heterocycles. The second-order valence-electron chi connectivity index (χ2n) is 4.49. The smallest absolute Gasteiger partial charge is 0.282 e. The standard InChI is InChI=1S/C13H15N3O3/c1-9-4-5-12(16(18)19)11(6-9)13(17)15(3)8-10(2)7-14/h4-6,10H,8H2,1-3H3. The van der Waals surface area contributed by atoms with Gasteiger partial charge in [0.05, 0.1) is 16.9 Å². The fourth-order valence-corrected chi connectivity index (χ4v) is 1.72. The van der Waals surface area contributed by atoms with Crippen LogP contribution in [0.1, 0.15) is 22.8 Å². The molecule has 0 radical (unpaired) electrons. The van der Waals surface area contributed by atoms with E-state index in [4.69, 9.17) is 5.26 Å². The van der Waals surface area contributed by atoms with Crippen molar-refractivity contribution in [3.8, 4) is 6.07 Å². The summed E-state index contributed by atoms with van der Waals surface area (Å²) >= 11 is 0. The van der Waals surface area contributed by atoms with Crippen molar-refractivity contribution in [2.24, 2.45) is 5.92 Å². The zero-order valence-electron chi connectivity index (χ0n) is 11.1. The molecule has 1 amide bonds. The van der Waals surface area contributed by atoms with Crippen molar-refractivity contribution in [2.75, 3.05) is 13.6 Å². The maximum absolute atomic E-state index is 12.2. The van der Waals surface area contributed by atoms with Crippen LogP contribution in [0.15, 0.2) is 18.2 Å². The van der Waals surface area contributed by atoms with Crippen LogP contribution in [0, 0.1) is 34.3 Å². The molecule has 1 rings (SSSR count). The number of aryl methyl sites for hydroxylation is 1. The van der Waals surface area contributed by atoms with E-state index in [2.05, 4.69) is 0 Å². The van der Waals surface area contributed by atoms with Crippen molar-refractivity contribution in [1.82, 2.24) is 4.90 Å². The highest BCUT2D eigenvalue weighted by Gasteiger charge is 2.23. The van der Waals surface area contributed by atoms with Crippen LogP contribution in [0.4, 0.5) is 5.69 Å². The zero-order valence-corrected chi connectivity index (χ0v) is 11.1. The van der Waals surface area contributed by atoms with Crippen LogP contribution in [0.5, 0.6) is 0 Å². The Morgan fingerprint density at radius 2 is 2.21 bits per heavy atom. The minimum absolute atomic E-state index is 0.0534. The van der Waals surface area contributed by atoms with Crippen molar-refractivity contribution in [3.63, 3.8) is 0 Å². The monoisotopic (exact) mass is 261 g/mol. The van der Waals surface area contributed by atoms with Crippen LogP contribution < -0.4 is 0 Å². The van der Waals surface area contributed by atoms with E-state index in [1.54, 1.807) is 19.9 Å². The summed E-state index contributed by atoms with van der Waals surface area (Å²) in [6, 6.07) is 6.43. The van der Waals surface area contributed by atoms with Gasteiger partial charge in [0.2, 0.25) is 0 Å². The predicted octanol–water partition coefficient (Wildman–Crippen LogP) is 2.13. The van der Waals surface area contributed by atoms with Gasteiger partial charge in [-0.2, -0.15) is 5.26 Å². The first-order valence-electron chi connectivity index (χ1n) is 5.77. The second-order valence-corrected chi connectivity index (χ2v) is 4.49. The summed E-state index contributed by atoms with van der Waals surface area (Å²) in [5.41, 5.74) is 0.611. The lowest BCUT2D eigenvalue weighted by atomic mass is 10.1. The number of nitro groups is 1. The molecule has 6 heteroatoms. The van der Waals surface area contributed by atoms with Crippen LogP contribution >= 0.6 is 0 Å². The number of carbonyl (C=O) groups excluding carboxylic acids is 1. The second kappa shape index (κ2) is 5.96. The Balaban J connectivity index is 3.08. The average molecular weight is 261 g/mol. The fourth-order valence-electron chi connectivity index (χ4n) is 1.72. The maximum Gasteiger partial charge on any atom is 0.282 e. The average Bonchev–Trinajstić information content (AvgIpc) is 2.36. The van der Waals surface area contributed by atoms with Gasteiger partial charge in [0, 0.05) is 19.7 Å². The molecule has 0 heterocycles. The van der Waals surface area contributed by atoms with Gasteiger partial charge in [-0.15, -0.1) is 0 Å². The van der Waals surface area contributed by atoms with Gasteiger partial charge in [-0.3, -0.25) is 14.9 Å². The molecule has 0 bridgehead atoms. The van der Waals surface area contributed by atoms with E-state index in [1.165, 1.54) is 24.1 Å². The molecule has 0 fully saturated rings. The molecule has 0 saturated carbocycles. The third-order valence-electron chi connectivity index (χ3n) is 2.69. The van der Waals surface area contributed by atoms with E-state index >= 15 is 0 Å². The summed E-state index contributed by atoms with van der Waals surface area (Å²) in [4.78, 5) is 23.9. The number of carbonyl (C=O) groups is 1. The Bertz CT molecular complexity index is 549. The lowest BCUT2D eigenvalue weighted by molar-refractivity contribution is -0.385. The van der Waals surface area contributed by atoms with Crippen LogP contribution in [-0.4, -0.2) is 29.3 Å². The first-order chi connectivity index (χ1) is 8.86. The van der Waals surface area contributed by atoms with Crippen molar-refractivity contribution >= 4 is 11.6 Å². The first-order valence-corrected chi connectivity index (χ1v) is 5.77. The molecule has 0 aromatic heterocycles. The quantitative estimate of drug-likeness (QED) is 0.613. The van der Waals surface area contributed by atoms with Crippen LogP contribution in [0.3, 0.4) is 0 Å². The molecular weight excluding hydrogens is 246 g/mol. The number of nitrogens with zero attached hydrogens (tertiary/aromatic N) is 3. The van der Waals surface area contributed by atoms with Crippen molar-refractivity contribution < 1.29 is 9.72 Å². The zero-order chi connectivity index (χ0) is 14.6. The summed E-state index contributed by atoms with van der Waals surface area (Å²) in [5.74, 6) is -0.768. The Labute approximate surface area is 111 Å². The first kappa shape index (κ1) is 14.6. The topological polar surface area (TPSA) is 87.2 Å². The number of rotatable bonds is 4. The summed E-state index contributed by atoms with van der Waals surface area (Å²) in [7, 11) is 1.53. The van der Waals surface area contributed by atoms with Gasteiger partial charge in [-0.25, -0.2) is 0 Å². The number of nitriles is 1. The molecule has 0 saturated heterocycles. The fraction of sp³-hybridized carbons (Fsp3) is 0.385. The molecule has 1 aromatic rings. The molecule has 6 nitrogen and oxygen atoms in total. The molecule has 100 valence electrons. The highest BCUT2D eigenvalue weighted by atomic mass is 16.6. The Hall–Kier alpha value is -2.42. The van der Waals surface area contributed by atoms with Gasteiger partial charge in [0.15, 0.2) is 0 Å². The minimum atomic E-state index is -0.575. The lowest BCUT2D eigenvalue weighted by Gasteiger charge is -2.18. The number of benzene rings is 1. The summed E-state index contributed by atoms with van der Waals surface area (Å²) in [6.45, 7) is 3.69. The summed E-state index contributed by atoms with van der Waals surface area (Å²) in [6.07, 6.45) is 0. The van der Waals surface area contributed by atoms with E-state index in [-0.39, 0.29) is 23.7 Å². The van der Waals surface area contributed by atoms with Crippen LogP contribution in [0.25, 0.3) is 0 Å². The Morgan fingerprint density at radius 3 is 2.74 bits per heavy atom. The van der Waals surface area contributed by atoms with Crippen molar-refractivity contribution in [2.45, 2.75) is 13.8 Å². The third-order valence-corrected chi connectivity index (χ3v) is 2.69. The van der Waals surface area contributed by atoms with Gasteiger partial charge in [-0.1, -0.05) is 6.07 Å². The van der Waals surface area contributed by atoms with Gasteiger partial charge in [0.25, 0.3) is 11.6 Å². The van der Waals surface area contributed by atoms with E-state index in [1.807, 2.05) is 6.07 Å². The third kappa shape index (κ3) is 3.52. The summed E-state index contributed by atoms with van der Waals surface area (Å²) in [5, 5.41) is 19.6. The van der Waals surface area contributed by atoms with E-state index in [9.17, 15) is 14.9 Å². The van der Waals surface area contributed by atoms with Crippen LogP contribution in [0.2, 0.25) is 0 Å². The molecule has 19 heavy (non-hydrogen) atoms. The van der Waals surface area contributed by atoms with E-state index in [0.717, 1.165) is 5.56 Å². The molecule has 0 spiro atoms. The SMILES string of the molecule is Cc1ccc([N+](=O)[O-])c(C(=O)N(C)CC(C)C#N)c1. The Morgan fingerprint density at radius 1 is 1.58 bits per heavy atom. The van der Waals surface area contributed by atoms with Gasteiger partial charge in [-0.05, 0) is 25.5 Å². The molecule has 0 N–H and O–H groups in total. The molecule has 0 aliphatic carbocycles. The number of nitro benzene ring substituents is 1. The molecule has 1 aromatic carbocycles. The Kier molecular flexibility index (Phi) is 4.59. The molecule has 1 atom stereocenters. The largest absolute Gasteiger partial charge is 0.340 e. The maximum atomic E-state index is 12.2. The van der Waals surface area contributed by atoms with Gasteiger partial charge in [0.1, 0.15) is 5.56 Å². The molecule has 1 unspecified atom stereocenters. The number of hydrogen-bond donors (Lipinski definition) is 0. The van der Waals surface area contributed by atoms with Crippen molar-refractivity contribution in [3.05, 3.63) is 39.4 Å². The van der Waals surface area contributed by atoms with Gasteiger partial charge < -0.3 is 4.90 Å². The van der Waals surface area contributed by atoms with Gasteiger partial charge >= 0.3 is 0 Å². The van der Waals surface area contributed by atoms with E-state index < -0.39 is 10.8 Å². The summed E-state index contributed by atoms with van der Waals surface area (Å²) < 4.78 is 0. The minimum Gasteiger partial charge on any atom is -0.340 e. The highest BCUT2D eigenvalue weighted by molar-refractivity contribution is 5.98. The number of hydrogen-bond acceptors (Lipinski definition) is 4. The normalized spacial score (nSPS) is 11.5. The molecule has 0 aliphatic rings. The van der Waals surface area contributed by atoms with Crippen molar-refractivity contribution in [1.29, 1.82) is 5.26 Å². The van der Waals surface area contributed by atoms with Crippen LogP contribution in [-0.2, 0) is 0 Å². The lowest BCUT2D eigenvalue weighted by Crippen LogP contribution is -2.31.